The molecule has 2 heteroatoms. The van der Waals surface area contributed by atoms with Gasteiger partial charge < -0.3 is 4.28 Å². The van der Waals surface area contributed by atoms with E-state index in [4.69, 9.17) is 0 Å². The van der Waals surface area contributed by atoms with Crippen molar-refractivity contribution < 1.29 is 4.28 Å². The lowest BCUT2D eigenvalue weighted by atomic mass is 9.25. The standard InChI is InChI=1S/C34H29BO/c1-26-22-24-27(25-23-26)33-31-20-12-13-21-32(31)36(2)35(29-16-8-4-9-17-29,30-18-10-5-11-19-30)34(33)28-14-6-3-7-15-28/h3-25H,1-2H3. The molecule has 5 aromatic carbocycles. The lowest BCUT2D eigenvalue weighted by Crippen LogP contribution is -2.66. The molecule has 1 heterocycles. The molecule has 0 unspecified atom stereocenters. The number of para-hydroxylation sites is 1. The van der Waals surface area contributed by atoms with Crippen LogP contribution in [0.25, 0.3) is 11.0 Å². The van der Waals surface area contributed by atoms with E-state index in [2.05, 4.69) is 158 Å². The van der Waals surface area contributed by atoms with E-state index in [0.717, 1.165) is 0 Å². The van der Waals surface area contributed by atoms with Gasteiger partial charge in [-0.05, 0) is 24.1 Å². The lowest BCUT2D eigenvalue weighted by Gasteiger charge is -2.55. The van der Waals surface area contributed by atoms with Crippen LogP contribution in [0.3, 0.4) is 0 Å². The summed E-state index contributed by atoms with van der Waals surface area (Å²) in [6.07, 6.45) is -1.59. The molecule has 6 rings (SSSR count). The van der Waals surface area contributed by atoms with Crippen molar-refractivity contribution >= 4 is 28.3 Å². The maximum Gasteiger partial charge on any atom is 0.415 e. The molecule has 0 saturated carbocycles. The lowest BCUT2D eigenvalue weighted by molar-refractivity contribution is 0.173. The van der Waals surface area contributed by atoms with E-state index in [1.165, 1.54) is 50.0 Å². The molecule has 1 aliphatic rings. The van der Waals surface area contributed by atoms with Crippen LogP contribution in [0.2, 0.25) is 0 Å². The summed E-state index contributed by atoms with van der Waals surface area (Å²) in [4.78, 5) is 0. The second-order valence-corrected chi connectivity index (χ2v) is 9.68. The quantitative estimate of drug-likeness (QED) is 0.196. The third-order valence-corrected chi connectivity index (χ3v) is 7.67. The Morgan fingerprint density at radius 2 is 1.00 bits per heavy atom. The highest BCUT2D eigenvalue weighted by atomic mass is 16.6. The molecular weight excluding hydrogens is 435 g/mol. The maximum atomic E-state index is 3.67. The molecule has 0 radical (unpaired) electrons. The molecule has 1 nitrogen and oxygen atoms in total. The van der Waals surface area contributed by atoms with Gasteiger partial charge in [0.2, 0.25) is 5.75 Å². The van der Waals surface area contributed by atoms with Gasteiger partial charge in [-0.1, -0.05) is 144 Å². The van der Waals surface area contributed by atoms with Crippen LogP contribution in [-0.2, 0) is 4.28 Å². The molecule has 36 heavy (non-hydrogen) atoms. The summed E-state index contributed by atoms with van der Waals surface area (Å²) in [6.45, 7) is 2.15. The molecule has 0 aromatic heterocycles. The minimum Gasteiger partial charge on any atom is -0.810 e. The Morgan fingerprint density at radius 3 is 1.58 bits per heavy atom. The van der Waals surface area contributed by atoms with Crippen LogP contribution >= 0.6 is 0 Å². The highest BCUT2D eigenvalue weighted by Gasteiger charge is 2.51. The summed E-state index contributed by atoms with van der Waals surface area (Å²) in [5.41, 5.74) is 10.1. The highest BCUT2D eigenvalue weighted by Crippen LogP contribution is 2.51. The fraction of sp³-hybridized carbons (Fsp3) is 0.0588. The molecule has 0 spiro atoms. The molecule has 5 aromatic rings. The van der Waals surface area contributed by atoms with Gasteiger partial charge in [-0.25, -0.2) is 0 Å². The van der Waals surface area contributed by atoms with Gasteiger partial charge in [-0.2, -0.15) is 0 Å². The molecular formula is C34H29BO. The SMILES string of the molecule is Cc1ccc(C2=C(c3ccccc3)[B-](c3ccccc3)(c3ccccc3)[O+](C)c3ccccc32)cc1. The Balaban J connectivity index is 1.86. The smallest absolute Gasteiger partial charge is 0.415 e. The van der Waals surface area contributed by atoms with E-state index in [1.54, 1.807) is 0 Å². The Morgan fingerprint density at radius 1 is 0.500 bits per heavy atom. The number of hydrogen-bond donors (Lipinski definition) is 0. The van der Waals surface area contributed by atoms with Crippen molar-refractivity contribution in [1.29, 1.82) is 0 Å². The van der Waals surface area contributed by atoms with Crippen LogP contribution in [0.4, 0.5) is 0 Å². The third kappa shape index (κ3) is 3.41. The number of rotatable bonds is 4. The first-order valence-corrected chi connectivity index (χ1v) is 12.6. The normalized spacial score (nSPS) is 14.4. The zero-order valence-electron chi connectivity index (χ0n) is 20.8. The van der Waals surface area contributed by atoms with Crippen LogP contribution in [0, 0.1) is 6.92 Å². The summed E-state index contributed by atoms with van der Waals surface area (Å²) >= 11 is 0. The largest absolute Gasteiger partial charge is 0.810 e. The van der Waals surface area contributed by atoms with Crippen molar-refractivity contribution in [3.8, 4) is 5.75 Å². The van der Waals surface area contributed by atoms with Gasteiger partial charge in [0, 0.05) is 6.07 Å². The van der Waals surface area contributed by atoms with Gasteiger partial charge >= 0.3 is 6.35 Å². The van der Waals surface area contributed by atoms with Gasteiger partial charge in [-0.15, -0.1) is 10.9 Å². The van der Waals surface area contributed by atoms with E-state index in [0.29, 0.717) is 0 Å². The zero-order valence-corrected chi connectivity index (χ0v) is 20.8. The summed E-state index contributed by atoms with van der Waals surface area (Å²) < 4.78 is 3.67. The van der Waals surface area contributed by atoms with Gasteiger partial charge in [0.1, 0.15) is 7.11 Å². The van der Waals surface area contributed by atoms with E-state index in [1.807, 2.05) is 0 Å². The average Bonchev–Trinajstić information content (AvgIpc) is 2.95. The average molecular weight is 464 g/mol. The highest BCUT2D eigenvalue weighted by molar-refractivity contribution is 7.12. The van der Waals surface area contributed by atoms with Crippen molar-refractivity contribution in [1.82, 2.24) is 0 Å². The fourth-order valence-corrected chi connectivity index (χ4v) is 6.08. The first-order chi connectivity index (χ1) is 17.7. The molecule has 0 saturated heterocycles. The topological polar surface area (TPSA) is 2.70 Å². The van der Waals surface area contributed by atoms with Crippen molar-refractivity contribution in [3.63, 3.8) is 0 Å². The first kappa shape index (κ1) is 22.2. The molecule has 0 atom stereocenters. The van der Waals surface area contributed by atoms with E-state index < -0.39 is 6.35 Å². The summed E-state index contributed by atoms with van der Waals surface area (Å²) in [5.74, 6) is 1.17. The van der Waals surface area contributed by atoms with Crippen LogP contribution in [0.5, 0.6) is 5.75 Å². The zero-order chi connectivity index (χ0) is 24.5. The molecule has 174 valence electrons. The van der Waals surface area contributed by atoms with Crippen LogP contribution in [0.1, 0.15) is 22.3 Å². The maximum absolute atomic E-state index is 3.67. The van der Waals surface area contributed by atoms with E-state index in [-0.39, 0.29) is 0 Å². The summed E-state index contributed by atoms with van der Waals surface area (Å²) in [5, 5.41) is 0. The van der Waals surface area contributed by atoms with Gasteiger partial charge in [0.15, 0.2) is 0 Å². The predicted octanol–water partition coefficient (Wildman–Crippen LogP) is 7.16. The van der Waals surface area contributed by atoms with Gasteiger partial charge in [0.25, 0.3) is 0 Å². The van der Waals surface area contributed by atoms with E-state index in [9.17, 15) is 0 Å². The molecule has 0 aliphatic carbocycles. The van der Waals surface area contributed by atoms with Gasteiger partial charge in [-0.3, -0.25) is 0 Å². The number of fused-ring (bicyclic) bond motifs is 1. The minimum absolute atomic E-state index is 1.17. The first-order valence-electron chi connectivity index (χ1n) is 12.6. The van der Waals surface area contributed by atoms with Gasteiger partial charge in [0.05, 0.1) is 5.56 Å². The number of aryl methyl sites for hydroxylation is 1. The van der Waals surface area contributed by atoms with Crippen LogP contribution in [0.15, 0.2) is 140 Å². The van der Waals surface area contributed by atoms with Crippen LogP contribution in [-0.4, -0.2) is 13.5 Å². The minimum atomic E-state index is -1.59. The second-order valence-electron chi connectivity index (χ2n) is 9.68. The Hall–Kier alpha value is -4.30. The summed E-state index contributed by atoms with van der Waals surface area (Å²) in [6, 6.07) is 50.6. The predicted molar refractivity (Wildman–Crippen MR) is 154 cm³/mol. The number of benzene rings is 5. The molecule has 1 aliphatic heterocycles. The second kappa shape index (κ2) is 9.05. The van der Waals surface area contributed by atoms with Crippen molar-refractivity contribution in [2.75, 3.05) is 7.11 Å². The molecule has 0 bridgehead atoms. The number of hydrogen-bond acceptors (Lipinski definition) is 0. The Kier molecular flexibility index (Phi) is 5.58. The fourth-order valence-electron chi connectivity index (χ4n) is 6.08. The third-order valence-electron chi connectivity index (χ3n) is 7.67. The molecule has 0 fully saturated rings. The van der Waals surface area contributed by atoms with Crippen LogP contribution < -0.4 is 10.9 Å². The summed E-state index contributed by atoms with van der Waals surface area (Å²) in [7, 11) is 2.19. The Labute approximate surface area is 214 Å². The molecule has 0 N–H and O–H groups in total. The van der Waals surface area contributed by atoms with Crippen molar-refractivity contribution in [3.05, 3.63) is 162 Å². The van der Waals surface area contributed by atoms with E-state index >= 15 is 0 Å². The van der Waals surface area contributed by atoms with Crippen molar-refractivity contribution in [2.45, 2.75) is 6.92 Å². The Bertz CT molecular complexity index is 1480. The monoisotopic (exact) mass is 464 g/mol. The molecule has 0 amide bonds. The van der Waals surface area contributed by atoms with Crippen molar-refractivity contribution in [2.24, 2.45) is 0 Å².